The van der Waals surface area contributed by atoms with Crippen molar-refractivity contribution in [3.63, 3.8) is 0 Å². The van der Waals surface area contributed by atoms with Crippen molar-refractivity contribution >= 4 is 17.6 Å². The van der Waals surface area contributed by atoms with Crippen LogP contribution in [0.5, 0.6) is 5.75 Å². The van der Waals surface area contributed by atoms with E-state index in [9.17, 15) is 19.7 Å². The standard InChI is InChI=1S/C12H14N2O6/c1-8(12(16)19-2)13-11(15)7-20-10-5-3-9(4-6-10)14(17)18/h3-6,8H,7H2,1-2H3,(H,13,15)/t8-/m1/s1. The number of carbonyl (C=O) groups is 2. The number of hydrogen-bond acceptors (Lipinski definition) is 6. The summed E-state index contributed by atoms with van der Waals surface area (Å²) in [5, 5.41) is 12.8. The van der Waals surface area contributed by atoms with Gasteiger partial charge in [0.25, 0.3) is 11.6 Å². The van der Waals surface area contributed by atoms with E-state index in [4.69, 9.17) is 4.74 Å². The van der Waals surface area contributed by atoms with Crippen molar-refractivity contribution in [3.05, 3.63) is 34.4 Å². The molecule has 1 N–H and O–H groups in total. The smallest absolute Gasteiger partial charge is 0.328 e. The quantitative estimate of drug-likeness (QED) is 0.466. The summed E-state index contributed by atoms with van der Waals surface area (Å²) in [6, 6.07) is 4.53. The van der Waals surface area contributed by atoms with Gasteiger partial charge < -0.3 is 14.8 Å². The lowest BCUT2D eigenvalue weighted by Gasteiger charge is -2.12. The first kappa shape index (κ1) is 15.4. The van der Waals surface area contributed by atoms with Crippen molar-refractivity contribution in [3.8, 4) is 5.75 Å². The largest absolute Gasteiger partial charge is 0.484 e. The molecule has 0 aliphatic carbocycles. The lowest BCUT2D eigenvalue weighted by Crippen LogP contribution is -2.41. The summed E-state index contributed by atoms with van der Waals surface area (Å²) in [7, 11) is 1.22. The number of benzene rings is 1. The maximum atomic E-state index is 11.5. The third-order valence-corrected chi connectivity index (χ3v) is 2.35. The number of nitrogens with zero attached hydrogens (tertiary/aromatic N) is 1. The number of hydrogen-bond donors (Lipinski definition) is 1. The number of nitro groups is 1. The first-order chi connectivity index (χ1) is 9.43. The van der Waals surface area contributed by atoms with Gasteiger partial charge in [-0.3, -0.25) is 14.9 Å². The number of non-ortho nitro benzene ring substituents is 1. The van der Waals surface area contributed by atoms with E-state index in [1.54, 1.807) is 0 Å². The molecule has 20 heavy (non-hydrogen) atoms. The van der Waals surface area contributed by atoms with E-state index in [0.717, 1.165) is 0 Å². The molecule has 0 fully saturated rings. The molecule has 108 valence electrons. The van der Waals surface area contributed by atoms with E-state index in [-0.39, 0.29) is 12.3 Å². The molecule has 0 bridgehead atoms. The molecule has 0 saturated heterocycles. The number of ether oxygens (including phenoxy) is 2. The van der Waals surface area contributed by atoms with Crippen LogP contribution in [0.25, 0.3) is 0 Å². The topological polar surface area (TPSA) is 108 Å². The Morgan fingerprint density at radius 1 is 1.35 bits per heavy atom. The molecule has 0 saturated carbocycles. The van der Waals surface area contributed by atoms with Crippen LogP contribution in [0.4, 0.5) is 5.69 Å². The summed E-state index contributed by atoms with van der Waals surface area (Å²) in [5.41, 5.74) is -0.0684. The van der Waals surface area contributed by atoms with Crippen molar-refractivity contribution in [2.75, 3.05) is 13.7 Å². The van der Waals surface area contributed by atoms with Gasteiger partial charge in [0.15, 0.2) is 6.61 Å². The van der Waals surface area contributed by atoms with Gasteiger partial charge in [-0.1, -0.05) is 0 Å². The van der Waals surface area contributed by atoms with Crippen LogP contribution in [0.15, 0.2) is 24.3 Å². The van der Waals surface area contributed by atoms with E-state index in [1.807, 2.05) is 0 Å². The lowest BCUT2D eigenvalue weighted by molar-refractivity contribution is -0.384. The van der Waals surface area contributed by atoms with Gasteiger partial charge in [0.2, 0.25) is 0 Å². The number of esters is 1. The monoisotopic (exact) mass is 282 g/mol. The Balaban J connectivity index is 2.44. The molecular weight excluding hydrogens is 268 g/mol. The van der Waals surface area contributed by atoms with Gasteiger partial charge in [-0.2, -0.15) is 0 Å². The van der Waals surface area contributed by atoms with Gasteiger partial charge in [-0.15, -0.1) is 0 Å². The van der Waals surface area contributed by atoms with E-state index < -0.39 is 22.8 Å². The van der Waals surface area contributed by atoms with E-state index in [2.05, 4.69) is 10.1 Å². The van der Waals surface area contributed by atoms with E-state index in [0.29, 0.717) is 5.75 Å². The Morgan fingerprint density at radius 2 is 1.95 bits per heavy atom. The fourth-order valence-electron chi connectivity index (χ4n) is 1.33. The minimum atomic E-state index is -0.770. The highest BCUT2D eigenvalue weighted by Gasteiger charge is 2.16. The lowest BCUT2D eigenvalue weighted by atomic mass is 10.3. The third kappa shape index (κ3) is 4.56. The molecule has 0 unspecified atom stereocenters. The molecule has 0 aromatic heterocycles. The summed E-state index contributed by atoms with van der Waals surface area (Å²) < 4.78 is 9.58. The Morgan fingerprint density at radius 3 is 2.45 bits per heavy atom. The summed E-state index contributed by atoms with van der Waals surface area (Å²) in [4.78, 5) is 32.5. The summed E-state index contributed by atoms with van der Waals surface area (Å²) in [6.45, 7) is 1.18. The number of nitrogens with one attached hydrogen (secondary N) is 1. The molecule has 1 rings (SSSR count). The Hall–Kier alpha value is -2.64. The van der Waals surface area contributed by atoms with Gasteiger partial charge in [0.1, 0.15) is 11.8 Å². The van der Waals surface area contributed by atoms with Gasteiger partial charge in [0, 0.05) is 12.1 Å². The van der Waals surface area contributed by atoms with Crippen LogP contribution in [0.3, 0.4) is 0 Å². The normalized spacial score (nSPS) is 11.3. The van der Waals surface area contributed by atoms with Crippen LogP contribution in [0.2, 0.25) is 0 Å². The van der Waals surface area contributed by atoms with E-state index in [1.165, 1.54) is 38.3 Å². The first-order valence-electron chi connectivity index (χ1n) is 5.68. The molecule has 8 heteroatoms. The summed E-state index contributed by atoms with van der Waals surface area (Å²) >= 11 is 0. The number of carbonyl (C=O) groups excluding carboxylic acids is 2. The SMILES string of the molecule is COC(=O)[C@@H](C)NC(=O)COc1ccc([N+](=O)[O-])cc1. The second-order valence-corrected chi connectivity index (χ2v) is 3.85. The summed E-state index contributed by atoms with van der Waals surface area (Å²) in [5.74, 6) is -0.744. The zero-order chi connectivity index (χ0) is 15.1. The predicted octanol–water partition coefficient (Wildman–Crippen LogP) is 0.651. The maximum absolute atomic E-state index is 11.5. The zero-order valence-corrected chi connectivity index (χ0v) is 11.0. The van der Waals surface area contributed by atoms with E-state index >= 15 is 0 Å². The van der Waals surface area contributed by atoms with Crippen molar-refractivity contribution < 1.29 is 24.0 Å². The molecule has 1 aromatic rings. The zero-order valence-electron chi connectivity index (χ0n) is 11.0. The Labute approximate surface area is 114 Å². The average molecular weight is 282 g/mol. The van der Waals surface area contributed by atoms with Gasteiger partial charge in [-0.25, -0.2) is 4.79 Å². The van der Waals surface area contributed by atoms with Crippen LogP contribution in [-0.4, -0.2) is 36.6 Å². The van der Waals surface area contributed by atoms with Crippen LogP contribution in [0.1, 0.15) is 6.92 Å². The van der Waals surface area contributed by atoms with Gasteiger partial charge in [-0.05, 0) is 19.1 Å². The van der Waals surface area contributed by atoms with Crippen LogP contribution >= 0.6 is 0 Å². The van der Waals surface area contributed by atoms with Crippen LogP contribution < -0.4 is 10.1 Å². The van der Waals surface area contributed by atoms with Crippen molar-refractivity contribution in [1.82, 2.24) is 5.32 Å². The molecule has 0 spiro atoms. The first-order valence-corrected chi connectivity index (χ1v) is 5.68. The molecule has 1 amide bonds. The number of amides is 1. The van der Waals surface area contributed by atoms with Crippen molar-refractivity contribution in [2.45, 2.75) is 13.0 Å². The Bertz CT molecular complexity index is 499. The Kier molecular flexibility index (Phi) is 5.45. The number of rotatable bonds is 6. The summed E-state index contributed by atoms with van der Waals surface area (Å²) in [6.07, 6.45) is 0. The number of nitro benzene ring substituents is 1. The fraction of sp³-hybridized carbons (Fsp3) is 0.333. The predicted molar refractivity (Wildman–Crippen MR) is 68.2 cm³/mol. The molecule has 1 aromatic carbocycles. The maximum Gasteiger partial charge on any atom is 0.328 e. The molecule has 0 aliphatic heterocycles. The molecule has 1 atom stereocenters. The molecule has 0 heterocycles. The highest BCUT2D eigenvalue weighted by Crippen LogP contribution is 2.16. The highest BCUT2D eigenvalue weighted by atomic mass is 16.6. The minimum absolute atomic E-state index is 0.0684. The van der Waals surface area contributed by atoms with Crippen molar-refractivity contribution in [1.29, 1.82) is 0 Å². The molecule has 0 aliphatic rings. The molecule has 0 radical (unpaired) electrons. The van der Waals surface area contributed by atoms with Gasteiger partial charge >= 0.3 is 5.97 Å². The van der Waals surface area contributed by atoms with Gasteiger partial charge in [0.05, 0.1) is 12.0 Å². The van der Waals surface area contributed by atoms with Crippen LogP contribution in [-0.2, 0) is 14.3 Å². The van der Waals surface area contributed by atoms with Crippen molar-refractivity contribution in [2.24, 2.45) is 0 Å². The number of methoxy groups -OCH3 is 1. The second-order valence-electron chi connectivity index (χ2n) is 3.85. The molecular formula is C12H14N2O6. The molecule has 8 nitrogen and oxygen atoms in total. The minimum Gasteiger partial charge on any atom is -0.484 e. The second kappa shape index (κ2) is 7.07. The third-order valence-electron chi connectivity index (χ3n) is 2.35. The average Bonchev–Trinajstić information content (AvgIpc) is 2.44. The highest BCUT2D eigenvalue weighted by molar-refractivity contribution is 5.84. The fourth-order valence-corrected chi connectivity index (χ4v) is 1.33. The van der Waals surface area contributed by atoms with Crippen LogP contribution in [0, 0.1) is 10.1 Å².